The topological polar surface area (TPSA) is 54.0 Å². The number of aromatic nitrogens is 1. The minimum Gasteiger partial charge on any atom is -0.332 e. The van der Waals surface area contributed by atoms with Crippen molar-refractivity contribution in [2.24, 2.45) is 0 Å². The number of halogens is 2. The third-order valence-corrected chi connectivity index (χ3v) is 6.29. The van der Waals surface area contributed by atoms with Crippen molar-refractivity contribution in [1.29, 1.82) is 0 Å². The summed E-state index contributed by atoms with van der Waals surface area (Å²) < 4.78 is 1.19. The molecule has 0 saturated carbocycles. The number of rotatable bonds is 4. The number of carbonyl (C=O) groups is 1. The van der Waals surface area contributed by atoms with Crippen molar-refractivity contribution in [3.05, 3.63) is 92.9 Å². The van der Waals surface area contributed by atoms with Crippen molar-refractivity contribution in [3.8, 4) is 0 Å². The second-order valence-electron chi connectivity index (χ2n) is 6.49. The van der Waals surface area contributed by atoms with Gasteiger partial charge in [0.25, 0.3) is 5.91 Å². The zero-order valence-electron chi connectivity index (χ0n) is 15.5. The first-order valence-electron chi connectivity index (χ1n) is 8.99. The molecule has 2 N–H and O–H groups in total. The van der Waals surface area contributed by atoms with Gasteiger partial charge in [0.05, 0.1) is 25.3 Å². The van der Waals surface area contributed by atoms with E-state index in [0.29, 0.717) is 15.6 Å². The summed E-state index contributed by atoms with van der Waals surface area (Å²) in [6.07, 6.45) is 0.762. The molecule has 0 aliphatic carbocycles. The Balaban J connectivity index is 1.36. The van der Waals surface area contributed by atoms with E-state index in [-0.39, 0.29) is 11.0 Å². The number of thiocarbonyl (C=S) groups is 1. The standard InChI is InChI=1S/C22H15Cl2N3OS2/c23-16-10-7-14(12-17(16)24)21(28)27-22(29)25-15-8-5-13(6-9-15)11-20-26-18-3-1-2-4-19(18)30-20/h1-10,12H,11H2,(H2,25,27,28,29). The summed E-state index contributed by atoms with van der Waals surface area (Å²) in [7, 11) is 0. The number of hydrogen-bond donors (Lipinski definition) is 2. The first-order valence-corrected chi connectivity index (χ1v) is 11.0. The molecule has 0 atom stereocenters. The normalized spacial score (nSPS) is 10.7. The van der Waals surface area contributed by atoms with E-state index in [4.69, 9.17) is 35.4 Å². The van der Waals surface area contributed by atoms with Crippen LogP contribution in [0.2, 0.25) is 10.0 Å². The van der Waals surface area contributed by atoms with Crippen molar-refractivity contribution in [3.63, 3.8) is 0 Å². The fourth-order valence-corrected chi connectivity index (χ4v) is 4.36. The van der Waals surface area contributed by atoms with Crippen LogP contribution >= 0.6 is 46.8 Å². The minimum atomic E-state index is -0.362. The van der Waals surface area contributed by atoms with Crippen molar-refractivity contribution < 1.29 is 4.79 Å². The van der Waals surface area contributed by atoms with E-state index in [2.05, 4.69) is 21.7 Å². The van der Waals surface area contributed by atoms with Crippen LogP contribution in [0.15, 0.2) is 66.7 Å². The molecular weight excluding hydrogens is 457 g/mol. The molecular formula is C22H15Cl2N3OS2. The number of anilines is 1. The Morgan fingerprint density at radius 3 is 2.50 bits per heavy atom. The molecule has 4 rings (SSSR count). The molecule has 30 heavy (non-hydrogen) atoms. The van der Waals surface area contributed by atoms with Gasteiger partial charge < -0.3 is 5.32 Å². The Morgan fingerprint density at radius 1 is 1.00 bits per heavy atom. The van der Waals surface area contributed by atoms with Gasteiger partial charge in [0.1, 0.15) is 0 Å². The summed E-state index contributed by atoms with van der Waals surface area (Å²) in [5, 5.41) is 7.61. The van der Waals surface area contributed by atoms with E-state index in [1.165, 1.54) is 10.8 Å². The van der Waals surface area contributed by atoms with E-state index in [1.807, 2.05) is 42.5 Å². The first kappa shape index (κ1) is 20.8. The second kappa shape index (κ2) is 9.10. The molecule has 0 spiro atoms. The third kappa shape index (κ3) is 4.96. The molecule has 0 saturated heterocycles. The predicted molar refractivity (Wildman–Crippen MR) is 129 cm³/mol. The number of amides is 1. The van der Waals surface area contributed by atoms with E-state index < -0.39 is 0 Å². The van der Waals surface area contributed by atoms with E-state index in [1.54, 1.807) is 23.5 Å². The molecule has 150 valence electrons. The zero-order valence-corrected chi connectivity index (χ0v) is 18.6. The SMILES string of the molecule is O=C(NC(=S)Nc1ccc(Cc2nc3ccccc3s2)cc1)c1ccc(Cl)c(Cl)c1. The zero-order chi connectivity index (χ0) is 21.1. The van der Waals surface area contributed by atoms with E-state index >= 15 is 0 Å². The second-order valence-corrected chi connectivity index (χ2v) is 8.82. The number of fused-ring (bicyclic) bond motifs is 1. The lowest BCUT2D eigenvalue weighted by molar-refractivity contribution is 0.0977. The molecule has 1 aromatic heterocycles. The quantitative estimate of drug-likeness (QED) is 0.341. The Labute approximate surface area is 192 Å². The number of para-hydroxylation sites is 1. The van der Waals surface area contributed by atoms with Crippen LogP contribution in [0, 0.1) is 0 Å². The van der Waals surface area contributed by atoms with Gasteiger partial charge in [0, 0.05) is 17.7 Å². The highest BCUT2D eigenvalue weighted by molar-refractivity contribution is 7.80. The number of carbonyl (C=O) groups excluding carboxylic acids is 1. The maximum Gasteiger partial charge on any atom is 0.257 e. The molecule has 0 bridgehead atoms. The predicted octanol–water partition coefficient (Wildman–Crippen LogP) is 6.32. The number of thiazole rings is 1. The fourth-order valence-electron chi connectivity index (χ4n) is 2.85. The maximum absolute atomic E-state index is 12.3. The summed E-state index contributed by atoms with van der Waals surface area (Å²) in [6, 6.07) is 20.6. The van der Waals surface area contributed by atoms with Gasteiger partial charge in [-0.3, -0.25) is 10.1 Å². The van der Waals surface area contributed by atoms with E-state index in [0.717, 1.165) is 28.2 Å². The first-order chi connectivity index (χ1) is 14.5. The molecule has 4 nitrogen and oxygen atoms in total. The molecule has 3 aromatic carbocycles. The van der Waals surface area contributed by atoms with Crippen molar-refractivity contribution in [2.75, 3.05) is 5.32 Å². The lowest BCUT2D eigenvalue weighted by Gasteiger charge is -2.10. The summed E-state index contributed by atoms with van der Waals surface area (Å²) >= 11 is 18.8. The molecule has 4 aromatic rings. The Bertz CT molecular complexity index is 1210. The van der Waals surface area contributed by atoms with Gasteiger partial charge in [-0.05, 0) is 60.2 Å². The fraction of sp³-hybridized carbons (Fsp3) is 0.0455. The van der Waals surface area contributed by atoms with Crippen LogP contribution < -0.4 is 10.6 Å². The lowest BCUT2D eigenvalue weighted by Crippen LogP contribution is -2.34. The molecule has 0 fully saturated rings. The van der Waals surface area contributed by atoms with Crippen LogP contribution in [0.4, 0.5) is 5.69 Å². The van der Waals surface area contributed by atoms with Crippen LogP contribution in [0.5, 0.6) is 0 Å². The lowest BCUT2D eigenvalue weighted by atomic mass is 10.1. The van der Waals surface area contributed by atoms with Gasteiger partial charge in [-0.2, -0.15) is 0 Å². The van der Waals surface area contributed by atoms with Crippen molar-refractivity contribution >= 4 is 73.7 Å². The summed E-state index contributed by atoms with van der Waals surface area (Å²) in [4.78, 5) is 17.0. The maximum atomic E-state index is 12.3. The van der Waals surface area contributed by atoms with Crippen LogP contribution in [-0.2, 0) is 6.42 Å². The van der Waals surface area contributed by atoms with Crippen LogP contribution in [0.1, 0.15) is 20.9 Å². The van der Waals surface area contributed by atoms with Crippen LogP contribution in [0.3, 0.4) is 0 Å². The molecule has 1 amide bonds. The van der Waals surface area contributed by atoms with E-state index in [9.17, 15) is 4.79 Å². The highest BCUT2D eigenvalue weighted by Crippen LogP contribution is 2.24. The van der Waals surface area contributed by atoms with Gasteiger partial charge in [-0.15, -0.1) is 11.3 Å². The monoisotopic (exact) mass is 471 g/mol. The van der Waals surface area contributed by atoms with Gasteiger partial charge >= 0.3 is 0 Å². The number of hydrogen-bond acceptors (Lipinski definition) is 4. The van der Waals surface area contributed by atoms with Gasteiger partial charge in [-0.25, -0.2) is 4.98 Å². The summed E-state index contributed by atoms with van der Waals surface area (Å²) in [6.45, 7) is 0. The highest BCUT2D eigenvalue weighted by Gasteiger charge is 2.10. The summed E-state index contributed by atoms with van der Waals surface area (Å²) in [5.41, 5.74) is 3.33. The molecule has 1 heterocycles. The van der Waals surface area contributed by atoms with Gasteiger partial charge in [0.15, 0.2) is 5.11 Å². The van der Waals surface area contributed by atoms with Crippen molar-refractivity contribution in [1.82, 2.24) is 10.3 Å². The highest BCUT2D eigenvalue weighted by atomic mass is 35.5. The third-order valence-electron chi connectivity index (χ3n) is 4.31. The summed E-state index contributed by atoms with van der Waals surface area (Å²) in [5.74, 6) is -0.362. The Kier molecular flexibility index (Phi) is 6.29. The minimum absolute atomic E-state index is 0.199. The molecule has 0 aliphatic heterocycles. The number of benzene rings is 3. The Morgan fingerprint density at radius 2 is 1.77 bits per heavy atom. The average molecular weight is 472 g/mol. The smallest absolute Gasteiger partial charge is 0.257 e. The van der Waals surface area contributed by atoms with Gasteiger partial charge in [0.2, 0.25) is 0 Å². The molecule has 0 aliphatic rings. The average Bonchev–Trinajstić information content (AvgIpc) is 3.13. The van der Waals surface area contributed by atoms with Crippen LogP contribution in [-0.4, -0.2) is 16.0 Å². The van der Waals surface area contributed by atoms with Crippen molar-refractivity contribution in [2.45, 2.75) is 6.42 Å². The number of nitrogens with zero attached hydrogens (tertiary/aromatic N) is 1. The Hall–Kier alpha value is -2.51. The largest absolute Gasteiger partial charge is 0.332 e. The number of nitrogens with one attached hydrogen (secondary N) is 2. The molecule has 0 unspecified atom stereocenters. The van der Waals surface area contributed by atoms with Gasteiger partial charge in [-0.1, -0.05) is 47.5 Å². The molecule has 0 radical (unpaired) electrons. The van der Waals surface area contributed by atoms with Crippen LogP contribution in [0.25, 0.3) is 10.2 Å². The molecule has 8 heteroatoms.